The van der Waals surface area contributed by atoms with Gasteiger partial charge in [-0.2, -0.15) is 0 Å². The molecule has 1 atom stereocenters. The SMILES string of the molecule is C=C/C=c1/c(/C=C\NC)c(C)n(N2CCCCC2C)c1=C. The second-order valence-electron chi connectivity index (χ2n) is 5.70. The molecule has 0 spiro atoms. The number of hydrogen-bond donors (Lipinski definition) is 1. The van der Waals surface area contributed by atoms with Gasteiger partial charge in [0.25, 0.3) is 0 Å². The molecular weight excluding hydrogens is 258 g/mol. The Morgan fingerprint density at radius 3 is 2.71 bits per heavy atom. The molecule has 2 heterocycles. The Hall–Kier alpha value is -1.90. The molecule has 1 aromatic heterocycles. The molecule has 1 saturated heterocycles. The smallest absolute Gasteiger partial charge is 0.0632 e. The van der Waals surface area contributed by atoms with Crippen molar-refractivity contribution in [3.8, 4) is 0 Å². The summed E-state index contributed by atoms with van der Waals surface area (Å²) in [5, 5.41) is 7.73. The van der Waals surface area contributed by atoms with Crippen LogP contribution in [0.2, 0.25) is 0 Å². The van der Waals surface area contributed by atoms with Crippen LogP contribution in [0.3, 0.4) is 0 Å². The van der Waals surface area contributed by atoms with Crippen LogP contribution < -0.4 is 20.9 Å². The van der Waals surface area contributed by atoms with Gasteiger partial charge in [-0.05, 0) is 45.4 Å². The lowest BCUT2D eigenvalue weighted by atomic mass is 10.1. The van der Waals surface area contributed by atoms with Crippen LogP contribution in [0.4, 0.5) is 0 Å². The van der Waals surface area contributed by atoms with Gasteiger partial charge in [-0.1, -0.05) is 25.3 Å². The first kappa shape index (κ1) is 15.5. The van der Waals surface area contributed by atoms with Crippen LogP contribution in [0.25, 0.3) is 18.7 Å². The van der Waals surface area contributed by atoms with Crippen molar-refractivity contribution >= 4 is 18.7 Å². The van der Waals surface area contributed by atoms with E-state index in [2.05, 4.69) is 54.2 Å². The molecule has 1 N–H and O–H groups in total. The van der Waals surface area contributed by atoms with E-state index < -0.39 is 0 Å². The lowest BCUT2D eigenvalue weighted by Crippen LogP contribution is -2.51. The molecule has 1 aliphatic rings. The summed E-state index contributed by atoms with van der Waals surface area (Å²) < 4.78 is 2.30. The third-order valence-electron chi connectivity index (χ3n) is 4.29. The number of aromatic nitrogens is 1. The van der Waals surface area contributed by atoms with E-state index in [1.807, 2.05) is 19.3 Å². The van der Waals surface area contributed by atoms with Crippen LogP contribution in [0.5, 0.6) is 0 Å². The zero-order valence-electron chi connectivity index (χ0n) is 13.5. The van der Waals surface area contributed by atoms with Gasteiger partial charge in [0, 0.05) is 36.1 Å². The van der Waals surface area contributed by atoms with Crippen molar-refractivity contribution in [1.29, 1.82) is 0 Å². The summed E-state index contributed by atoms with van der Waals surface area (Å²) in [4.78, 5) is 0. The topological polar surface area (TPSA) is 20.2 Å². The number of piperidine rings is 1. The van der Waals surface area contributed by atoms with Crippen molar-refractivity contribution in [2.24, 2.45) is 0 Å². The fourth-order valence-electron chi connectivity index (χ4n) is 3.19. The molecule has 0 saturated carbocycles. The number of rotatable bonds is 4. The van der Waals surface area contributed by atoms with Crippen LogP contribution in [-0.4, -0.2) is 24.3 Å². The van der Waals surface area contributed by atoms with Crippen LogP contribution in [0, 0.1) is 6.92 Å². The summed E-state index contributed by atoms with van der Waals surface area (Å²) >= 11 is 0. The van der Waals surface area contributed by atoms with E-state index in [9.17, 15) is 0 Å². The van der Waals surface area contributed by atoms with Gasteiger partial charge in [-0.3, -0.25) is 4.68 Å². The standard InChI is InChI=1S/C18H27N3/c1-6-9-17-15(3)21(16(4)18(17)11-12-19-5)20-13-8-7-10-14(20)2/h6,9,11-12,14,19H,1,3,7-8,10,13H2,2,4-5H3/b12-11-,17-9+. The summed E-state index contributed by atoms with van der Waals surface area (Å²) in [6.45, 7) is 13.7. The predicted octanol–water partition coefficient (Wildman–Crippen LogP) is 1.87. The molecule has 1 aromatic rings. The highest BCUT2D eigenvalue weighted by atomic mass is 15.6. The zero-order valence-corrected chi connectivity index (χ0v) is 13.5. The molecule has 0 bridgehead atoms. The largest absolute Gasteiger partial charge is 0.394 e. The number of allylic oxidation sites excluding steroid dienone is 1. The lowest BCUT2D eigenvalue weighted by Gasteiger charge is -2.37. The molecule has 0 radical (unpaired) electrons. The van der Waals surface area contributed by atoms with E-state index in [0.29, 0.717) is 6.04 Å². The van der Waals surface area contributed by atoms with Crippen LogP contribution in [0.15, 0.2) is 18.9 Å². The first-order valence-corrected chi connectivity index (χ1v) is 7.75. The van der Waals surface area contributed by atoms with Gasteiger partial charge in [0.15, 0.2) is 0 Å². The minimum atomic E-state index is 0.558. The van der Waals surface area contributed by atoms with E-state index in [-0.39, 0.29) is 0 Å². The molecule has 3 nitrogen and oxygen atoms in total. The Labute approximate surface area is 127 Å². The van der Waals surface area contributed by atoms with Crippen LogP contribution >= 0.6 is 0 Å². The normalized spacial score (nSPS) is 20.2. The second kappa shape index (κ2) is 6.70. The molecule has 0 aromatic carbocycles. The third kappa shape index (κ3) is 2.92. The molecule has 1 fully saturated rings. The third-order valence-corrected chi connectivity index (χ3v) is 4.29. The Morgan fingerprint density at radius 1 is 1.33 bits per heavy atom. The second-order valence-corrected chi connectivity index (χ2v) is 5.70. The molecule has 114 valence electrons. The van der Waals surface area contributed by atoms with Gasteiger partial charge in [0.05, 0.1) is 5.35 Å². The minimum Gasteiger partial charge on any atom is -0.394 e. The molecular formula is C18H27N3. The van der Waals surface area contributed by atoms with Crippen molar-refractivity contribution in [3.05, 3.63) is 40.7 Å². The Morgan fingerprint density at radius 2 is 2.10 bits per heavy atom. The Bertz CT molecular complexity index is 636. The van der Waals surface area contributed by atoms with Crippen LogP contribution in [-0.2, 0) is 0 Å². The molecule has 0 aliphatic carbocycles. The molecule has 0 amide bonds. The average molecular weight is 285 g/mol. The fraction of sp³-hybridized carbons (Fsp3) is 0.444. The maximum atomic E-state index is 4.33. The molecule has 1 unspecified atom stereocenters. The summed E-state index contributed by atoms with van der Waals surface area (Å²) in [6.07, 6.45) is 11.8. The van der Waals surface area contributed by atoms with Gasteiger partial charge in [-0.25, -0.2) is 0 Å². The van der Waals surface area contributed by atoms with Gasteiger partial charge in [0.1, 0.15) is 0 Å². The molecule has 3 heteroatoms. The van der Waals surface area contributed by atoms with Crippen molar-refractivity contribution in [2.75, 3.05) is 18.6 Å². The van der Waals surface area contributed by atoms with E-state index in [4.69, 9.17) is 0 Å². The highest BCUT2D eigenvalue weighted by Crippen LogP contribution is 2.16. The van der Waals surface area contributed by atoms with Crippen molar-refractivity contribution in [2.45, 2.75) is 39.2 Å². The van der Waals surface area contributed by atoms with E-state index in [1.54, 1.807) is 0 Å². The Balaban J connectivity index is 2.62. The minimum absolute atomic E-state index is 0.558. The van der Waals surface area contributed by atoms with Crippen molar-refractivity contribution in [3.63, 3.8) is 0 Å². The quantitative estimate of drug-likeness (QED) is 0.911. The summed E-state index contributed by atoms with van der Waals surface area (Å²) in [6, 6.07) is 0.558. The van der Waals surface area contributed by atoms with E-state index >= 15 is 0 Å². The fourth-order valence-corrected chi connectivity index (χ4v) is 3.19. The van der Waals surface area contributed by atoms with Crippen molar-refractivity contribution in [1.82, 2.24) is 9.99 Å². The van der Waals surface area contributed by atoms with E-state index in [1.165, 1.54) is 30.5 Å². The average Bonchev–Trinajstić information content (AvgIpc) is 2.70. The van der Waals surface area contributed by atoms with Gasteiger partial charge in [-0.15, -0.1) is 0 Å². The number of nitrogens with one attached hydrogen (secondary N) is 1. The lowest BCUT2D eigenvalue weighted by molar-refractivity contribution is 0.391. The first-order valence-electron chi connectivity index (χ1n) is 7.75. The maximum Gasteiger partial charge on any atom is 0.0632 e. The summed E-state index contributed by atoms with van der Waals surface area (Å²) in [5.41, 5.74) is 2.46. The van der Waals surface area contributed by atoms with Crippen LogP contribution in [0.1, 0.15) is 37.4 Å². The Kier molecular flexibility index (Phi) is 4.94. The van der Waals surface area contributed by atoms with E-state index in [0.717, 1.165) is 17.1 Å². The first-order chi connectivity index (χ1) is 10.1. The van der Waals surface area contributed by atoms with Gasteiger partial charge >= 0.3 is 0 Å². The van der Waals surface area contributed by atoms with Gasteiger partial charge in [0.2, 0.25) is 0 Å². The molecule has 2 rings (SSSR count). The summed E-state index contributed by atoms with van der Waals surface area (Å²) in [5.74, 6) is 0. The summed E-state index contributed by atoms with van der Waals surface area (Å²) in [7, 11) is 1.91. The maximum absolute atomic E-state index is 4.33. The van der Waals surface area contributed by atoms with Crippen molar-refractivity contribution < 1.29 is 0 Å². The predicted molar refractivity (Wildman–Crippen MR) is 93.1 cm³/mol. The highest BCUT2D eigenvalue weighted by Gasteiger charge is 2.21. The zero-order chi connectivity index (χ0) is 15.4. The molecule has 1 aliphatic heterocycles. The molecule has 21 heavy (non-hydrogen) atoms. The van der Waals surface area contributed by atoms with Gasteiger partial charge < -0.3 is 10.3 Å². The monoisotopic (exact) mass is 285 g/mol. The highest BCUT2D eigenvalue weighted by molar-refractivity contribution is 5.57. The number of nitrogens with zero attached hydrogens (tertiary/aromatic N) is 2. The number of hydrogen-bond acceptors (Lipinski definition) is 2.